The first-order valence-corrected chi connectivity index (χ1v) is 5.51. The second-order valence-electron chi connectivity index (χ2n) is 2.45. The summed E-state index contributed by atoms with van der Waals surface area (Å²) in [6.45, 7) is 5.05. The largest absolute Gasteiger partial charge is 0.379 e. The van der Waals surface area contributed by atoms with Crippen molar-refractivity contribution >= 4 is 22.6 Å². The molecule has 0 aliphatic rings. The molecule has 62 valence electrons. The van der Waals surface area contributed by atoms with Crippen molar-refractivity contribution in [1.29, 1.82) is 0 Å². The molecule has 0 radical (unpaired) electrons. The van der Waals surface area contributed by atoms with Gasteiger partial charge in [0.25, 0.3) is 0 Å². The molecule has 0 aromatic carbocycles. The molecule has 0 rings (SSSR count). The lowest BCUT2D eigenvalue weighted by Gasteiger charge is -2.09. The van der Waals surface area contributed by atoms with Crippen molar-refractivity contribution in [2.45, 2.75) is 39.2 Å². The summed E-state index contributed by atoms with van der Waals surface area (Å²) in [5.41, 5.74) is 0. The number of unbranched alkanes of at least 4 members (excludes halogenated alkanes) is 1. The first-order valence-electron chi connectivity index (χ1n) is 3.98. The second-order valence-corrected chi connectivity index (χ2v) is 3.53. The van der Waals surface area contributed by atoms with Crippen LogP contribution in [0.4, 0.5) is 0 Å². The number of alkyl halides is 1. The van der Waals surface area contributed by atoms with Crippen LogP contribution in [0.25, 0.3) is 0 Å². The number of hydrogen-bond acceptors (Lipinski definition) is 1. The van der Waals surface area contributed by atoms with Gasteiger partial charge in [0, 0.05) is 6.61 Å². The van der Waals surface area contributed by atoms with E-state index in [4.69, 9.17) is 4.74 Å². The van der Waals surface area contributed by atoms with E-state index >= 15 is 0 Å². The molecular formula is C8H17IO. The second kappa shape index (κ2) is 7.79. The third kappa shape index (κ3) is 6.81. The van der Waals surface area contributed by atoms with Crippen LogP contribution in [0.2, 0.25) is 0 Å². The Hall–Kier alpha value is 0.690. The lowest BCUT2D eigenvalue weighted by atomic mass is 10.2. The summed E-state index contributed by atoms with van der Waals surface area (Å²) >= 11 is 2.41. The van der Waals surface area contributed by atoms with E-state index in [1.54, 1.807) is 0 Å². The average Bonchev–Trinajstić information content (AvgIpc) is 1.89. The molecule has 0 saturated carbocycles. The van der Waals surface area contributed by atoms with Gasteiger partial charge in [-0.15, -0.1) is 0 Å². The van der Waals surface area contributed by atoms with Gasteiger partial charge in [0.05, 0.1) is 6.10 Å². The molecule has 0 aromatic rings. The van der Waals surface area contributed by atoms with Gasteiger partial charge < -0.3 is 4.74 Å². The maximum absolute atomic E-state index is 5.39. The fourth-order valence-electron chi connectivity index (χ4n) is 0.894. The molecule has 0 bridgehead atoms. The van der Waals surface area contributed by atoms with E-state index in [0.717, 1.165) is 6.61 Å². The Balaban J connectivity index is 2.97. The van der Waals surface area contributed by atoms with Crippen LogP contribution >= 0.6 is 22.6 Å². The van der Waals surface area contributed by atoms with Gasteiger partial charge in [0.1, 0.15) is 0 Å². The fraction of sp³-hybridized carbons (Fsp3) is 1.00. The molecule has 0 aromatic heterocycles. The number of rotatable bonds is 6. The highest BCUT2D eigenvalue weighted by Crippen LogP contribution is 2.05. The highest BCUT2D eigenvalue weighted by Gasteiger charge is 1.98. The van der Waals surface area contributed by atoms with Gasteiger partial charge in [-0.05, 0) is 31.1 Å². The molecule has 0 aliphatic carbocycles. The fourth-order valence-corrected chi connectivity index (χ4v) is 1.43. The quantitative estimate of drug-likeness (QED) is 0.403. The average molecular weight is 256 g/mol. The molecular weight excluding hydrogens is 239 g/mol. The molecule has 1 unspecified atom stereocenters. The SMILES string of the molecule is CCOC(C)CCCCI. The van der Waals surface area contributed by atoms with Crippen molar-refractivity contribution < 1.29 is 4.74 Å². The molecule has 0 N–H and O–H groups in total. The Morgan fingerprint density at radius 1 is 1.40 bits per heavy atom. The van der Waals surface area contributed by atoms with Gasteiger partial charge in [0.15, 0.2) is 0 Å². The first kappa shape index (κ1) is 10.7. The number of halogens is 1. The summed E-state index contributed by atoms with van der Waals surface area (Å²) in [6.07, 6.45) is 4.33. The van der Waals surface area contributed by atoms with E-state index in [0.29, 0.717) is 6.10 Å². The Kier molecular flexibility index (Phi) is 8.33. The molecule has 0 aliphatic heterocycles. The minimum atomic E-state index is 0.466. The van der Waals surface area contributed by atoms with Crippen molar-refractivity contribution in [3.05, 3.63) is 0 Å². The maximum atomic E-state index is 5.39. The Bertz CT molecular complexity index is 66.3. The van der Waals surface area contributed by atoms with E-state index in [2.05, 4.69) is 36.4 Å². The standard InChI is InChI=1S/C8H17IO/c1-3-10-8(2)6-4-5-7-9/h8H,3-7H2,1-2H3. The smallest absolute Gasteiger partial charge is 0.0546 e. The Morgan fingerprint density at radius 3 is 2.60 bits per heavy atom. The van der Waals surface area contributed by atoms with Crippen molar-refractivity contribution in [3.8, 4) is 0 Å². The van der Waals surface area contributed by atoms with Crippen LogP contribution in [0.3, 0.4) is 0 Å². The van der Waals surface area contributed by atoms with E-state index in [-0.39, 0.29) is 0 Å². The summed E-state index contributed by atoms with van der Waals surface area (Å²) in [5.74, 6) is 0. The summed E-state index contributed by atoms with van der Waals surface area (Å²) in [6, 6.07) is 0. The van der Waals surface area contributed by atoms with Gasteiger partial charge >= 0.3 is 0 Å². The molecule has 0 fully saturated rings. The molecule has 1 nitrogen and oxygen atoms in total. The van der Waals surface area contributed by atoms with Crippen LogP contribution < -0.4 is 0 Å². The Morgan fingerprint density at radius 2 is 2.10 bits per heavy atom. The third-order valence-corrected chi connectivity index (χ3v) is 2.21. The molecule has 0 saturated heterocycles. The van der Waals surface area contributed by atoms with Gasteiger partial charge in [-0.3, -0.25) is 0 Å². The topological polar surface area (TPSA) is 9.23 Å². The summed E-state index contributed by atoms with van der Waals surface area (Å²) in [5, 5.41) is 0. The minimum absolute atomic E-state index is 0.466. The number of ether oxygens (including phenoxy) is 1. The van der Waals surface area contributed by atoms with Gasteiger partial charge in [-0.2, -0.15) is 0 Å². The van der Waals surface area contributed by atoms with Crippen molar-refractivity contribution in [2.24, 2.45) is 0 Å². The highest BCUT2D eigenvalue weighted by molar-refractivity contribution is 14.1. The van der Waals surface area contributed by atoms with Crippen molar-refractivity contribution in [1.82, 2.24) is 0 Å². The molecule has 1 atom stereocenters. The van der Waals surface area contributed by atoms with Crippen LogP contribution in [-0.2, 0) is 4.74 Å². The van der Waals surface area contributed by atoms with E-state index < -0.39 is 0 Å². The molecule has 2 heteroatoms. The normalized spacial score (nSPS) is 13.5. The lowest BCUT2D eigenvalue weighted by Crippen LogP contribution is -2.07. The van der Waals surface area contributed by atoms with Crippen LogP contribution in [0.5, 0.6) is 0 Å². The predicted octanol–water partition coefficient (Wildman–Crippen LogP) is 3.02. The van der Waals surface area contributed by atoms with E-state index in [1.165, 1.54) is 23.7 Å². The predicted molar refractivity (Wildman–Crippen MR) is 53.8 cm³/mol. The maximum Gasteiger partial charge on any atom is 0.0546 e. The summed E-state index contributed by atoms with van der Waals surface area (Å²) in [7, 11) is 0. The lowest BCUT2D eigenvalue weighted by molar-refractivity contribution is 0.0688. The van der Waals surface area contributed by atoms with Crippen LogP contribution in [0.15, 0.2) is 0 Å². The molecule has 0 heterocycles. The zero-order valence-electron chi connectivity index (χ0n) is 6.90. The first-order chi connectivity index (χ1) is 4.81. The van der Waals surface area contributed by atoms with Crippen molar-refractivity contribution in [2.75, 3.05) is 11.0 Å². The van der Waals surface area contributed by atoms with Crippen LogP contribution in [-0.4, -0.2) is 17.1 Å². The van der Waals surface area contributed by atoms with Crippen LogP contribution in [0, 0.1) is 0 Å². The van der Waals surface area contributed by atoms with Gasteiger partial charge in [-0.1, -0.05) is 29.0 Å². The van der Waals surface area contributed by atoms with Crippen molar-refractivity contribution in [3.63, 3.8) is 0 Å². The highest BCUT2D eigenvalue weighted by atomic mass is 127. The van der Waals surface area contributed by atoms with Crippen LogP contribution in [0.1, 0.15) is 33.1 Å². The summed E-state index contributed by atoms with van der Waals surface area (Å²) in [4.78, 5) is 0. The third-order valence-electron chi connectivity index (χ3n) is 1.45. The van der Waals surface area contributed by atoms with Gasteiger partial charge in [0.2, 0.25) is 0 Å². The Labute approximate surface area is 77.7 Å². The van der Waals surface area contributed by atoms with E-state index in [9.17, 15) is 0 Å². The summed E-state index contributed by atoms with van der Waals surface area (Å²) < 4.78 is 6.66. The van der Waals surface area contributed by atoms with Gasteiger partial charge in [-0.25, -0.2) is 0 Å². The molecule has 10 heavy (non-hydrogen) atoms. The zero-order chi connectivity index (χ0) is 7.82. The zero-order valence-corrected chi connectivity index (χ0v) is 9.06. The minimum Gasteiger partial charge on any atom is -0.379 e. The van der Waals surface area contributed by atoms with E-state index in [1.807, 2.05) is 0 Å². The number of hydrogen-bond donors (Lipinski definition) is 0. The monoisotopic (exact) mass is 256 g/mol. The molecule has 0 spiro atoms. The molecule has 0 amide bonds.